The Bertz CT molecular complexity index is 664. The number of carbonyl (C=O) groups is 2. The molecule has 1 aliphatic rings. The molecule has 5 heteroatoms. The molecule has 0 aromatic heterocycles. The molecule has 1 fully saturated rings. The van der Waals surface area contributed by atoms with Crippen LogP contribution in [-0.2, 0) is 16.0 Å². The van der Waals surface area contributed by atoms with E-state index in [2.05, 4.69) is 35.6 Å². The van der Waals surface area contributed by atoms with E-state index in [1.54, 1.807) is 0 Å². The number of carbonyl (C=O) groups excluding carboxylic acids is 2. The summed E-state index contributed by atoms with van der Waals surface area (Å²) >= 11 is 0. The van der Waals surface area contributed by atoms with Gasteiger partial charge in [0.2, 0.25) is 11.8 Å². The highest BCUT2D eigenvalue weighted by Gasteiger charge is 2.38. The molecule has 5 nitrogen and oxygen atoms in total. The van der Waals surface area contributed by atoms with Gasteiger partial charge in [0.15, 0.2) is 0 Å². The van der Waals surface area contributed by atoms with Crippen molar-refractivity contribution in [3.05, 3.63) is 35.9 Å². The van der Waals surface area contributed by atoms with Crippen LogP contribution in [-0.4, -0.2) is 23.9 Å². The van der Waals surface area contributed by atoms with Crippen molar-refractivity contribution in [2.24, 2.45) is 17.4 Å². The Balaban J connectivity index is 1.30. The number of hydrogen-bond acceptors (Lipinski definition) is 4. The number of nitrogens with two attached hydrogens (primary N) is 2. The van der Waals surface area contributed by atoms with E-state index < -0.39 is 6.04 Å². The number of aryl methyl sites for hydroxylation is 1. The number of rotatable bonds is 19. The molecule has 186 valence electrons. The summed E-state index contributed by atoms with van der Waals surface area (Å²) in [6.07, 6.45) is 20.6. The quantitative estimate of drug-likeness (QED) is 0.191. The first-order chi connectivity index (χ1) is 16.1. The van der Waals surface area contributed by atoms with E-state index in [-0.39, 0.29) is 23.8 Å². The summed E-state index contributed by atoms with van der Waals surface area (Å²) in [5.74, 6) is -0.903. The first kappa shape index (κ1) is 27.5. The third-order valence-electron chi connectivity index (χ3n) is 7.04. The molecule has 5 N–H and O–H groups in total. The molecular formula is C28H47N3O2. The predicted molar refractivity (Wildman–Crippen MR) is 137 cm³/mol. The minimum absolute atomic E-state index is 0.212. The molecule has 3 atom stereocenters. The van der Waals surface area contributed by atoms with Crippen molar-refractivity contribution in [1.29, 1.82) is 0 Å². The van der Waals surface area contributed by atoms with E-state index >= 15 is 0 Å². The topological polar surface area (TPSA) is 98.2 Å². The van der Waals surface area contributed by atoms with Gasteiger partial charge in [0, 0.05) is 6.04 Å². The smallest absolute Gasteiger partial charge is 0.244 e. The molecule has 0 aliphatic carbocycles. The molecule has 0 bridgehead atoms. The predicted octanol–water partition coefficient (Wildman–Crippen LogP) is 5.40. The van der Waals surface area contributed by atoms with Crippen LogP contribution in [0.4, 0.5) is 0 Å². The summed E-state index contributed by atoms with van der Waals surface area (Å²) in [4.78, 5) is 23.1. The summed E-state index contributed by atoms with van der Waals surface area (Å²) in [6, 6.07) is 10.4. The van der Waals surface area contributed by atoms with Crippen LogP contribution in [0.3, 0.4) is 0 Å². The number of amides is 2. The molecule has 3 unspecified atom stereocenters. The maximum Gasteiger partial charge on any atom is 0.244 e. The molecule has 33 heavy (non-hydrogen) atoms. The Morgan fingerprint density at radius 3 is 1.76 bits per heavy atom. The Hall–Kier alpha value is -1.72. The van der Waals surface area contributed by atoms with E-state index in [1.807, 2.05) is 0 Å². The van der Waals surface area contributed by atoms with Crippen molar-refractivity contribution >= 4 is 11.8 Å². The molecule has 2 rings (SSSR count). The molecular weight excluding hydrogens is 410 g/mol. The van der Waals surface area contributed by atoms with E-state index in [9.17, 15) is 9.59 Å². The maximum absolute atomic E-state index is 11.7. The molecule has 1 heterocycles. The van der Waals surface area contributed by atoms with E-state index in [1.165, 1.54) is 82.6 Å². The number of nitrogens with one attached hydrogen (secondary N) is 1. The zero-order chi connectivity index (χ0) is 23.7. The van der Waals surface area contributed by atoms with Gasteiger partial charge in [0.1, 0.15) is 0 Å². The Kier molecular flexibility index (Phi) is 14.0. The SMILES string of the molecule is NC(CCCCCCCCCCCCCc1ccccc1)CCCCC1C(=O)NC(=O)C1N. The first-order valence-corrected chi connectivity index (χ1v) is 13.5. The second-order valence-electron chi connectivity index (χ2n) is 9.94. The van der Waals surface area contributed by atoms with Crippen LogP contribution >= 0.6 is 0 Å². The van der Waals surface area contributed by atoms with Crippen LogP contribution in [0.1, 0.15) is 108 Å². The van der Waals surface area contributed by atoms with Gasteiger partial charge in [-0.2, -0.15) is 0 Å². The normalized spacial score (nSPS) is 19.1. The van der Waals surface area contributed by atoms with Gasteiger partial charge in [-0.15, -0.1) is 0 Å². The van der Waals surface area contributed by atoms with Gasteiger partial charge < -0.3 is 11.5 Å². The number of hydrogen-bond donors (Lipinski definition) is 3. The standard InChI is InChI=1S/C28H47N3O2/c29-24(21-15-16-22-25-26(30)28(33)31-27(25)32)20-14-9-7-5-3-1-2-4-6-8-11-17-23-18-12-10-13-19-23/h10,12-13,18-19,24-26H,1-9,11,14-17,20-22,29-30H2,(H,31,32,33). The number of imide groups is 1. The van der Waals surface area contributed by atoms with Gasteiger partial charge in [-0.25, -0.2) is 0 Å². The summed E-state index contributed by atoms with van der Waals surface area (Å²) in [5.41, 5.74) is 13.5. The lowest BCUT2D eigenvalue weighted by atomic mass is 9.94. The van der Waals surface area contributed by atoms with Crippen molar-refractivity contribution in [2.75, 3.05) is 0 Å². The fourth-order valence-electron chi connectivity index (χ4n) is 4.84. The molecule has 0 spiro atoms. The average molecular weight is 458 g/mol. The van der Waals surface area contributed by atoms with Gasteiger partial charge in [-0.05, 0) is 37.7 Å². The van der Waals surface area contributed by atoms with Crippen molar-refractivity contribution in [3.63, 3.8) is 0 Å². The van der Waals surface area contributed by atoms with Crippen molar-refractivity contribution in [3.8, 4) is 0 Å². The van der Waals surface area contributed by atoms with Crippen LogP contribution in [0.5, 0.6) is 0 Å². The minimum Gasteiger partial charge on any atom is -0.328 e. The van der Waals surface area contributed by atoms with Gasteiger partial charge in [-0.3, -0.25) is 14.9 Å². The molecule has 0 radical (unpaired) electrons. The summed E-state index contributed by atoms with van der Waals surface area (Å²) in [6.45, 7) is 0. The van der Waals surface area contributed by atoms with Crippen LogP contribution in [0.25, 0.3) is 0 Å². The van der Waals surface area contributed by atoms with E-state index in [0.29, 0.717) is 6.42 Å². The molecule has 1 aromatic carbocycles. The molecule has 0 saturated carbocycles. The second kappa shape index (κ2) is 16.8. The third-order valence-corrected chi connectivity index (χ3v) is 7.04. The van der Waals surface area contributed by atoms with Gasteiger partial charge in [-0.1, -0.05) is 107 Å². The second-order valence-corrected chi connectivity index (χ2v) is 9.94. The van der Waals surface area contributed by atoms with Crippen molar-refractivity contribution < 1.29 is 9.59 Å². The summed E-state index contributed by atoms with van der Waals surface area (Å²) in [5, 5.41) is 2.31. The fourth-order valence-corrected chi connectivity index (χ4v) is 4.84. The number of benzene rings is 1. The fraction of sp³-hybridized carbons (Fsp3) is 0.714. The van der Waals surface area contributed by atoms with Crippen molar-refractivity contribution in [1.82, 2.24) is 5.32 Å². The Labute approximate surface area is 201 Å². The molecule has 2 amide bonds. The Morgan fingerprint density at radius 1 is 0.697 bits per heavy atom. The van der Waals surface area contributed by atoms with Crippen LogP contribution in [0, 0.1) is 5.92 Å². The monoisotopic (exact) mass is 457 g/mol. The minimum atomic E-state index is -0.670. The first-order valence-electron chi connectivity index (χ1n) is 13.5. The lowest BCUT2D eigenvalue weighted by molar-refractivity contribution is -0.125. The molecule has 1 saturated heterocycles. The van der Waals surface area contributed by atoms with Gasteiger partial charge in [0.25, 0.3) is 0 Å². The lowest BCUT2D eigenvalue weighted by Crippen LogP contribution is -2.34. The highest BCUT2D eigenvalue weighted by molar-refractivity contribution is 6.06. The zero-order valence-electron chi connectivity index (χ0n) is 20.6. The van der Waals surface area contributed by atoms with Crippen LogP contribution in [0.15, 0.2) is 30.3 Å². The maximum atomic E-state index is 11.7. The summed E-state index contributed by atoms with van der Waals surface area (Å²) < 4.78 is 0. The van der Waals surface area contributed by atoms with E-state index in [0.717, 1.165) is 25.7 Å². The molecule has 1 aliphatic heterocycles. The highest BCUT2D eigenvalue weighted by atomic mass is 16.2. The van der Waals surface area contributed by atoms with Crippen LogP contribution in [0.2, 0.25) is 0 Å². The van der Waals surface area contributed by atoms with Crippen LogP contribution < -0.4 is 16.8 Å². The van der Waals surface area contributed by atoms with Crippen molar-refractivity contribution in [2.45, 2.75) is 121 Å². The lowest BCUT2D eigenvalue weighted by Gasteiger charge is -2.13. The van der Waals surface area contributed by atoms with E-state index in [4.69, 9.17) is 11.5 Å². The largest absolute Gasteiger partial charge is 0.328 e. The molecule has 1 aromatic rings. The van der Waals surface area contributed by atoms with Gasteiger partial charge in [0.05, 0.1) is 12.0 Å². The zero-order valence-corrected chi connectivity index (χ0v) is 20.6. The average Bonchev–Trinajstić information content (AvgIpc) is 3.06. The number of unbranched alkanes of at least 4 members (excludes halogenated alkanes) is 11. The summed E-state index contributed by atoms with van der Waals surface area (Å²) in [7, 11) is 0. The third kappa shape index (κ3) is 11.8. The van der Waals surface area contributed by atoms with Gasteiger partial charge >= 0.3 is 0 Å². The highest BCUT2D eigenvalue weighted by Crippen LogP contribution is 2.19. The Morgan fingerprint density at radius 2 is 1.21 bits per heavy atom.